The Morgan fingerprint density at radius 1 is 1.21 bits per heavy atom. The highest BCUT2D eigenvalue weighted by molar-refractivity contribution is 5.50. The lowest BCUT2D eigenvalue weighted by atomic mass is 10.2. The van der Waals surface area contributed by atoms with Gasteiger partial charge in [-0.1, -0.05) is 19.0 Å². The summed E-state index contributed by atoms with van der Waals surface area (Å²) in [5.41, 5.74) is 1.05. The zero-order chi connectivity index (χ0) is 17.9. The summed E-state index contributed by atoms with van der Waals surface area (Å²) in [5, 5.41) is 11.8. The van der Waals surface area contributed by atoms with Crippen molar-refractivity contribution >= 4 is 5.69 Å². The van der Waals surface area contributed by atoms with Crippen LogP contribution in [0.3, 0.4) is 0 Å². The van der Waals surface area contributed by atoms with Crippen molar-refractivity contribution in [1.29, 1.82) is 5.26 Å². The van der Waals surface area contributed by atoms with Gasteiger partial charge in [-0.25, -0.2) is 4.39 Å². The van der Waals surface area contributed by atoms with E-state index < -0.39 is 5.82 Å². The zero-order valence-corrected chi connectivity index (χ0v) is 14.0. The number of benzene rings is 2. The van der Waals surface area contributed by atoms with Gasteiger partial charge in [0.25, 0.3) is 0 Å². The van der Waals surface area contributed by atoms with Gasteiger partial charge in [0, 0.05) is 19.3 Å². The summed E-state index contributed by atoms with van der Waals surface area (Å²) in [5.74, 6) is 0.355. The van der Waals surface area contributed by atoms with Gasteiger partial charge in [-0.3, -0.25) is 0 Å². The summed E-state index contributed by atoms with van der Waals surface area (Å²) in [6, 6.07) is 12.8. The van der Waals surface area contributed by atoms with Crippen molar-refractivity contribution < 1.29 is 9.13 Å². The summed E-state index contributed by atoms with van der Waals surface area (Å²) in [6.45, 7) is 4.75. The standard InChI is InChI=1S/C16H14FN3O2.C2H6/c1-20(9-8-19-21)14-3-5-15(6-4-14)22-16-7-2-13(17)10-12(16)11-18;1-2/h2-7,10H,8-9H2,1H3;1-2H3. The van der Waals surface area contributed by atoms with Gasteiger partial charge >= 0.3 is 0 Å². The van der Waals surface area contributed by atoms with Crippen molar-refractivity contribution in [1.82, 2.24) is 0 Å². The number of ether oxygens (including phenoxy) is 1. The minimum atomic E-state index is -0.482. The van der Waals surface area contributed by atoms with E-state index in [0.717, 1.165) is 11.8 Å². The lowest BCUT2D eigenvalue weighted by Crippen LogP contribution is -2.20. The molecule has 6 heteroatoms. The van der Waals surface area contributed by atoms with Crippen molar-refractivity contribution in [3.05, 3.63) is 58.8 Å². The maximum absolute atomic E-state index is 13.1. The van der Waals surface area contributed by atoms with Crippen LogP contribution < -0.4 is 9.64 Å². The van der Waals surface area contributed by atoms with Crippen molar-refractivity contribution in [3.8, 4) is 17.6 Å². The molecular formula is C18H20FN3O2. The number of halogens is 1. The first kappa shape index (κ1) is 19.1. The Balaban J connectivity index is 0.00000139. The third kappa shape index (κ3) is 5.36. The smallest absolute Gasteiger partial charge is 0.145 e. The van der Waals surface area contributed by atoms with Gasteiger partial charge in [0.05, 0.1) is 12.1 Å². The topological polar surface area (TPSA) is 65.7 Å². The summed E-state index contributed by atoms with van der Waals surface area (Å²) >= 11 is 0. The summed E-state index contributed by atoms with van der Waals surface area (Å²) in [6.07, 6.45) is 0. The van der Waals surface area contributed by atoms with Crippen LogP contribution in [0.1, 0.15) is 19.4 Å². The molecule has 0 bridgehead atoms. The molecule has 0 aliphatic carbocycles. The van der Waals surface area contributed by atoms with Gasteiger partial charge in [0.15, 0.2) is 0 Å². The average molecular weight is 329 g/mol. The van der Waals surface area contributed by atoms with Gasteiger partial charge in [-0.2, -0.15) is 10.2 Å². The highest BCUT2D eigenvalue weighted by Crippen LogP contribution is 2.27. The van der Waals surface area contributed by atoms with Crippen LogP contribution in [-0.2, 0) is 0 Å². The second kappa shape index (κ2) is 9.95. The summed E-state index contributed by atoms with van der Waals surface area (Å²) in [4.78, 5) is 12.0. The van der Waals surface area contributed by atoms with E-state index in [-0.39, 0.29) is 12.1 Å². The highest BCUT2D eigenvalue weighted by Gasteiger charge is 2.07. The first-order valence-corrected chi connectivity index (χ1v) is 7.62. The molecule has 126 valence electrons. The lowest BCUT2D eigenvalue weighted by molar-refractivity contribution is 0.479. The third-order valence-electron chi connectivity index (χ3n) is 3.09. The Hall–Kier alpha value is -2.94. The molecule has 0 aliphatic rings. The van der Waals surface area contributed by atoms with E-state index in [2.05, 4.69) is 5.18 Å². The van der Waals surface area contributed by atoms with Crippen LogP contribution >= 0.6 is 0 Å². The van der Waals surface area contributed by atoms with Crippen LogP contribution in [0.5, 0.6) is 11.5 Å². The number of hydrogen-bond acceptors (Lipinski definition) is 5. The Morgan fingerprint density at radius 3 is 2.46 bits per heavy atom. The van der Waals surface area contributed by atoms with E-state index in [9.17, 15) is 9.30 Å². The van der Waals surface area contributed by atoms with E-state index in [4.69, 9.17) is 10.00 Å². The highest BCUT2D eigenvalue weighted by atomic mass is 19.1. The van der Waals surface area contributed by atoms with E-state index in [0.29, 0.717) is 18.0 Å². The Bertz CT molecular complexity index is 696. The largest absolute Gasteiger partial charge is 0.456 e. The predicted octanol–water partition coefficient (Wildman–Crippen LogP) is 4.72. The minimum absolute atomic E-state index is 0.137. The van der Waals surface area contributed by atoms with Crippen LogP contribution in [0, 0.1) is 22.1 Å². The molecule has 0 aliphatic heterocycles. The van der Waals surface area contributed by atoms with Gasteiger partial charge in [-0.05, 0) is 42.5 Å². The molecule has 0 saturated heterocycles. The molecule has 0 spiro atoms. The number of rotatable bonds is 6. The van der Waals surface area contributed by atoms with Crippen LogP contribution in [0.4, 0.5) is 10.1 Å². The van der Waals surface area contributed by atoms with Crippen LogP contribution in [0.25, 0.3) is 0 Å². The van der Waals surface area contributed by atoms with E-state index in [1.165, 1.54) is 12.1 Å². The van der Waals surface area contributed by atoms with Crippen molar-refractivity contribution in [2.24, 2.45) is 5.18 Å². The monoisotopic (exact) mass is 329 g/mol. The molecule has 0 radical (unpaired) electrons. The molecular weight excluding hydrogens is 309 g/mol. The fourth-order valence-corrected chi connectivity index (χ4v) is 1.89. The van der Waals surface area contributed by atoms with E-state index >= 15 is 0 Å². The lowest BCUT2D eigenvalue weighted by Gasteiger charge is -2.17. The molecule has 5 nitrogen and oxygen atoms in total. The second-order valence-electron chi connectivity index (χ2n) is 4.62. The number of likely N-dealkylation sites (N-methyl/N-ethyl adjacent to an activating group) is 1. The second-order valence-corrected chi connectivity index (χ2v) is 4.62. The number of nitrogens with zero attached hydrogens (tertiary/aromatic N) is 3. The van der Waals surface area contributed by atoms with Gasteiger partial charge in [0.2, 0.25) is 0 Å². The SMILES string of the molecule is CC.CN(CCN=O)c1ccc(Oc2ccc(F)cc2C#N)cc1. The predicted molar refractivity (Wildman–Crippen MR) is 92.9 cm³/mol. The molecule has 0 unspecified atom stereocenters. The molecule has 0 atom stereocenters. The van der Waals surface area contributed by atoms with Gasteiger partial charge < -0.3 is 9.64 Å². The molecule has 2 rings (SSSR count). The van der Waals surface area contributed by atoms with Crippen LogP contribution in [0.15, 0.2) is 47.6 Å². The van der Waals surface area contributed by atoms with Crippen molar-refractivity contribution in [2.75, 3.05) is 25.0 Å². The molecule has 0 fully saturated rings. The number of hydrogen-bond donors (Lipinski definition) is 0. The minimum Gasteiger partial charge on any atom is -0.456 e. The molecule has 2 aromatic carbocycles. The number of nitroso groups, excluding NO2 is 1. The quantitative estimate of drug-likeness (QED) is 0.719. The fourth-order valence-electron chi connectivity index (χ4n) is 1.89. The van der Waals surface area contributed by atoms with E-state index in [1.807, 2.05) is 44.0 Å². The van der Waals surface area contributed by atoms with Crippen LogP contribution in [0.2, 0.25) is 0 Å². The molecule has 0 heterocycles. The normalized spacial score (nSPS) is 9.29. The number of nitriles is 1. The van der Waals surface area contributed by atoms with Crippen LogP contribution in [-0.4, -0.2) is 20.1 Å². The first-order chi connectivity index (χ1) is 11.6. The molecule has 0 saturated carbocycles. The van der Waals surface area contributed by atoms with Gasteiger partial charge in [0.1, 0.15) is 23.4 Å². The Morgan fingerprint density at radius 2 is 1.88 bits per heavy atom. The summed E-state index contributed by atoms with van der Waals surface area (Å²) < 4.78 is 18.7. The number of anilines is 1. The summed E-state index contributed by atoms with van der Waals surface area (Å²) in [7, 11) is 1.86. The van der Waals surface area contributed by atoms with Gasteiger partial charge in [-0.15, -0.1) is 0 Å². The maximum Gasteiger partial charge on any atom is 0.145 e. The Kier molecular flexibility index (Phi) is 7.92. The van der Waals surface area contributed by atoms with E-state index in [1.54, 1.807) is 12.1 Å². The average Bonchev–Trinajstić information content (AvgIpc) is 2.63. The zero-order valence-electron chi connectivity index (χ0n) is 14.0. The Labute approximate surface area is 141 Å². The molecule has 0 aromatic heterocycles. The first-order valence-electron chi connectivity index (χ1n) is 7.62. The maximum atomic E-state index is 13.1. The fraction of sp³-hybridized carbons (Fsp3) is 0.278. The molecule has 24 heavy (non-hydrogen) atoms. The third-order valence-corrected chi connectivity index (χ3v) is 3.09. The van der Waals surface area contributed by atoms with Crippen molar-refractivity contribution in [3.63, 3.8) is 0 Å². The molecule has 0 N–H and O–H groups in total. The van der Waals surface area contributed by atoms with Crippen molar-refractivity contribution in [2.45, 2.75) is 13.8 Å². The molecule has 0 amide bonds. The molecule has 2 aromatic rings.